The average Bonchev–Trinajstić information content (AvgIpc) is 2.48. The van der Waals surface area contributed by atoms with Gasteiger partial charge in [0, 0.05) is 35.8 Å². The first-order valence-corrected chi connectivity index (χ1v) is 8.28. The number of hydrogen-bond donors (Lipinski definition) is 0. The third kappa shape index (κ3) is 3.47. The lowest BCUT2D eigenvalue weighted by atomic mass is 9.96. The molecule has 2 atom stereocenters. The number of hydrogen-bond acceptors (Lipinski definition) is 3. The summed E-state index contributed by atoms with van der Waals surface area (Å²) in [6, 6.07) is 8.33. The number of Topliss-reactive ketones (excluding diaryl/α,β-unsaturated/α-hetero) is 1. The third-order valence-corrected chi connectivity index (χ3v) is 5.08. The van der Waals surface area contributed by atoms with E-state index in [4.69, 9.17) is 11.6 Å². The maximum Gasteiger partial charge on any atom is 0.176 e. The van der Waals surface area contributed by atoms with Crippen LogP contribution in [-0.4, -0.2) is 53.8 Å². The van der Waals surface area contributed by atoms with Gasteiger partial charge in [-0.2, -0.15) is 0 Å². The van der Waals surface area contributed by atoms with Gasteiger partial charge in [-0.3, -0.25) is 14.6 Å². The van der Waals surface area contributed by atoms with Gasteiger partial charge in [0.1, 0.15) is 0 Å². The van der Waals surface area contributed by atoms with Crippen LogP contribution in [0, 0.1) is 0 Å². The molecule has 2 aliphatic rings. The fraction of sp³-hybridized carbons (Fsp3) is 0.588. The molecule has 3 rings (SSSR count). The Labute approximate surface area is 131 Å². The minimum atomic E-state index is 0.197. The molecule has 2 aliphatic heterocycles. The zero-order valence-electron chi connectivity index (χ0n) is 12.6. The first-order valence-electron chi connectivity index (χ1n) is 7.90. The smallest absolute Gasteiger partial charge is 0.176 e. The van der Waals surface area contributed by atoms with Crippen LogP contribution in [0.3, 0.4) is 0 Å². The summed E-state index contributed by atoms with van der Waals surface area (Å²) in [5.41, 5.74) is 0.762. The number of nitrogens with zero attached hydrogens (tertiary/aromatic N) is 2. The first kappa shape index (κ1) is 15.0. The Kier molecular flexibility index (Phi) is 4.63. The summed E-state index contributed by atoms with van der Waals surface area (Å²) in [6.07, 6.45) is 3.93. The average molecular weight is 307 g/mol. The van der Waals surface area contributed by atoms with Crippen molar-refractivity contribution in [2.24, 2.45) is 0 Å². The molecule has 0 aromatic heterocycles. The number of ketones is 1. The van der Waals surface area contributed by atoms with Gasteiger partial charge in [0.15, 0.2) is 5.78 Å². The van der Waals surface area contributed by atoms with Crippen LogP contribution in [0.5, 0.6) is 0 Å². The van der Waals surface area contributed by atoms with Gasteiger partial charge >= 0.3 is 0 Å². The molecule has 0 bridgehead atoms. The van der Waals surface area contributed by atoms with Gasteiger partial charge in [0.2, 0.25) is 0 Å². The van der Waals surface area contributed by atoms with Crippen LogP contribution >= 0.6 is 11.6 Å². The van der Waals surface area contributed by atoms with E-state index in [0.29, 0.717) is 23.7 Å². The molecule has 0 N–H and O–H groups in total. The number of piperidine rings is 1. The molecule has 21 heavy (non-hydrogen) atoms. The Bertz CT molecular complexity index is 502. The van der Waals surface area contributed by atoms with E-state index in [9.17, 15) is 4.79 Å². The molecule has 1 aromatic carbocycles. The van der Waals surface area contributed by atoms with E-state index in [-0.39, 0.29) is 5.78 Å². The van der Waals surface area contributed by atoms with Gasteiger partial charge in [0.25, 0.3) is 0 Å². The van der Waals surface area contributed by atoms with E-state index < -0.39 is 0 Å². The molecule has 4 heteroatoms. The first-order chi connectivity index (χ1) is 10.1. The SMILES string of the molecule is CC1CN2CCCCC2CN1CC(=O)c1ccc(Cl)cc1. The molecule has 2 saturated heterocycles. The molecule has 114 valence electrons. The summed E-state index contributed by atoms with van der Waals surface area (Å²) < 4.78 is 0. The minimum Gasteiger partial charge on any atom is -0.298 e. The van der Waals surface area contributed by atoms with Crippen LogP contribution in [0.2, 0.25) is 5.02 Å². The fourth-order valence-electron chi connectivity index (χ4n) is 3.54. The van der Waals surface area contributed by atoms with Gasteiger partial charge in [-0.1, -0.05) is 18.0 Å². The monoisotopic (exact) mass is 306 g/mol. The normalized spacial score (nSPS) is 27.3. The van der Waals surface area contributed by atoms with Crippen molar-refractivity contribution < 1.29 is 4.79 Å². The maximum absolute atomic E-state index is 12.4. The van der Waals surface area contributed by atoms with Crippen molar-refractivity contribution in [3.05, 3.63) is 34.9 Å². The summed E-state index contributed by atoms with van der Waals surface area (Å²) in [5.74, 6) is 0.197. The van der Waals surface area contributed by atoms with Crippen molar-refractivity contribution in [2.75, 3.05) is 26.2 Å². The van der Waals surface area contributed by atoms with E-state index in [1.807, 2.05) is 12.1 Å². The second-order valence-electron chi connectivity index (χ2n) is 6.35. The van der Waals surface area contributed by atoms with Crippen LogP contribution in [0.1, 0.15) is 36.5 Å². The lowest BCUT2D eigenvalue weighted by Crippen LogP contribution is -2.59. The highest BCUT2D eigenvalue weighted by Gasteiger charge is 2.33. The van der Waals surface area contributed by atoms with E-state index >= 15 is 0 Å². The topological polar surface area (TPSA) is 23.6 Å². The quantitative estimate of drug-likeness (QED) is 0.802. The van der Waals surface area contributed by atoms with Gasteiger partial charge in [-0.05, 0) is 50.6 Å². The predicted molar refractivity (Wildman–Crippen MR) is 86.0 cm³/mol. The molecule has 0 saturated carbocycles. The summed E-state index contributed by atoms with van der Waals surface area (Å²) in [6.45, 7) is 6.11. The molecule has 0 radical (unpaired) electrons. The standard InChI is InChI=1S/C17H23ClN2O/c1-13-10-19-9-3-2-4-16(19)11-20(13)12-17(21)14-5-7-15(18)8-6-14/h5-8,13,16H,2-4,9-12H2,1H3. The lowest BCUT2D eigenvalue weighted by molar-refractivity contribution is 0.0166. The maximum atomic E-state index is 12.4. The molecule has 2 heterocycles. The number of rotatable bonds is 3. The molecule has 2 fully saturated rings. The second-order valence-corrected chi connectivity index (χ2v) is 6.79. The number of carbonyl (C=O) groups excluding carboxylic acids is 1. The van der Waals surface area contributed by atoms with Crippen LogP contribution in [0.4, 0.5) is 0 Å². The van der Waals surface area contributed by atoms with Crippen molar-refractivity contribution in [1.82, 2.24) is 9.80 Å². The highest BCUT2D eigenvalue weighted by molar-refractivity contribution is 6.30. The number of benzene rings is 1. The predicted octanol–water partition coefficient (Wildman–Crippen LogP) is 3.08. The number of carbonyl (C=O) groups is 1. The third-order valence-electron chi connectivity index (χ3n) is 4.83. The summed E-state index contributed by atoms with van der Waals surface area (Å²) in [4.78, 5) is 17.4. The summed E-state index contributed by atoms with van der Waals surface area (Å²) >= 11 is 5.88. The van der Waals surface area contributed by atoms with E-state index in [0.717, 1.165) is 18.7 Å². The number of halogens is 1. The number of piperazine rings is 1. The van der Waals surface area contributed by atoms with E-state index in [2.05, 4.69) is 16.7 Å². The van der Waals surface area contributed by atoms with Crippen LogP contribution in [-0.2, 0) is 0 Å². The van der Waals surface area contributed by atoms with Crippen molar-refractivity contribution in [1.29, 1.82) is 0 Å². The molecule has 0 aliphatic carbocycles. The Morgan fingerprint density at radius 1 is 1.24 bits per heavy atom. The molecular formula is C17H23ClN2O. The van der Waals surface area contributed by atoms with Gasteiger partial charge in [0.05, 0.1) is 6.54 Å². The summed E-state index contributed by atoms with van der Waals surface area (Å²) in [7, 11) is 0. The second kappa shape index (κ2) is 6.47. The van der Waals surface area contributed by atoms with Crippen molar-refractivity contribution in [3.63, 3.8) is 0 Å². The van der Waals surface area contributed by atoms with Crippen molar-refractivity contribution >= 4 is 17.4 Å². The Balaban J connectivity index is 1.63. The van der Waals surface area contributed by atoms with E-state index in [1.54, 1.807) is 12.1 Å². The fourth-order valence-corrected chi connectivity index (χ4v) is 3.67. The number of fused-ring (bicyclic) bond motifs is 1. The Morgan fingerprint density at radius 3 is 2.76 bits per heavy atom. The van der Waals surface area contributed by atoms with Crippen molar-refractivity contribution in [3.8, 4) is 0 Å². The molecule has 1 aromatic rings. The van der Waals surface area contributed by atoms with Crippen molar-refractivity contribution in [2.45, 2.75) is 38.3 Å². The molecule has 0 spiro atoms. The summed E-state index contributed by atoms with van der Waals surface area (Å²) in [5, 5.41) is 0.677. The molecular weight excluding hydrogens is 284 g/mol. The zero-order valence-corrected chi connectivity index (χ0v) is 13.4. The largest absolute Gasteiger partial charge is 0.298 e. The van der Waals surface area contributed by atoms with Gasteiger partial charge in [-0.15, -0.1) is 0 Å². The zero-order chi connectivity index (χ0) is 14.8. The highest BCUT2D eigenvalue weighted by atomic mass is 35.5. The Hall–Kier alpha value is -0.900. The molecule has 3 nitrogen and oxygen atoms in total. The Morgan fingerprint density at radius 2 is 2.00 bits per heavy atom. The van der Waals surface area contributed by atoms with Gasteiger partial charge < -0.3 is 0 Å². The van der Waals surface area contributed by atoms with E-state index in [1.165, 1.54) is 25.8 Å². The van der Waals surface area contributed by atoms with Crippen LogP contribution in [0.15, 0.2) is 24.3 Å². The van der Waals surface area contributed by atoms with Gasteiger partial charge in [-0.25, -0.2) is 0 Å². The molecule has 2 unspecified atom stereocenters. The van der Waals surface area contributed by atoms with Crippen LogP contribution < -0.4 is 0 Å². The lowest BCUT2D eigenvalue weighted by Gasteiger charge is -2.47. The van der Waals surface area contributed by atoms with Crippen LogP contribution in [0.25, 0.3) is 0 Å². The minimum absolute atomic E-state index is 0.197. The molecule has 0 amide bonds. The highest BCUT2D eigenvalue weighted by Crippen LogP contribution is 2.24.